The molecule has 0 bridgehead atoms. The Balaban J connectivity index is 2.25. The lowest BCUT2D eigenvalue weighted by molar-refractivity contribution is -0.153. The predicted octanol–water partition coefficient (Wildman–Crippen LogP) is 4.28. The highest BCUT2D eigenvalue weighted by molar-refractivity contribution is 5.96. The van der Waals surface area contributed by atoms with Crippen LogP contribution in [-0.4, -0.2) is 35.2 Å². The Morgan fingerprint density at radius 2 is 2.07 bits per heavy atom. The van der Waals surface area contributed by atoms with E-state index in [0.29, 0.717) is 30.3 Å². The molecule has 0 unspecified atom stereocenters. The number of ketones is 1. The molecule has 30 heavy (non-hydrogen) atoms. The molecule has 0 aliphatic heterocycles. The number of rotatable bonds is 9. The van der Waals surface area contributed by atoms with Gasteiger partial charge in [0.25, 0.3) is 0 Å². The normalized spacial score (nSPS) is 30.1. The fourth-order valence-electron chi connectivity index (χ4n) is 4.92. The molecular weight excluding hydrogens is 384 g/mol. The Hall–Kier alpha value is -2.24. The van der Waals surface area contributed by atoms with Gasteiger partial charge in [-0.15, -0.1) is 0 Å². The zero-order valence-electron chi connectivity index (χ0n) is 18.5. The average molecular weight is 419 g/mol. The SMILES string of the molecule is CCCC[C@H](C)/C=C(\C)C(=O)O[C@@H]1CC[C@H](C(=O)O)[C@@]2(C)C[C@H](CC=O)C(=O)C=C12. The van der Waals surface area contributed by atoms with Gasteiger partial charge in [-0.05, 0) is 50.2 Å². The topological polar surface area (TPSA) is 97.7 Å². The number of carboxylic acid groups (broad SMARTS) is 1. The molecule has 0 aromatic rings. The van der Waals surface area contributed by atoms with E-state index in [-0.39, 0.29) is 24.5 Å². The standard InChI is InChI=1S/C24H34O6/c1-5-6-7-15(2)12-16(3)23(29)30-21-9-8-18(22(27)28)24(4)14-17(10-11-25)20(26)13-19(21)24/h11-13,15,17-18,21H,5-10,14H2,1-4H3,(H,27,28)/b16-12+/t15-,17-,18+,21+,24+/m0/s1. The van der Waals surface area contributed by atoms with Gasteiger partial charge in [0, 0.05) is 23.3 Å². The van der Waals surface area contributed by atoms with Gasteiger partial charge < -0.3 is 14.6 Å². The van der Waals surface area contributed by atoms with Crippen molar-refractivity contribution in [3.8, 4) is 0 Å². The Bertz CT molecular complexity index is 749. The second-order valence-corrected chi connectivity index (χ2v) is 9.05. The summed E-state index contributed by atoms with van der Waals surface area (Å²) in [6.45, 7) is 7.74. The molecular formula is C24H34O6. The molecule has 6 heteroatoms. The number of allylic oxidation sites excluding steroid dienone is 2. The molecule has 5 atom stereocenters. The van der Waals surface area contributed by atoms with E-state index >= 15 is 0 Å². The maximum absolute atomic E-state index is 12.7. The van der Waals surface area contributed by atoms with Crippen LogP contribution in [0.4, 0.5) is 0 Å². The predicted molar refractivity (Wildman–Crippen MR) is 113 cm³/mol. The quantitative estimate of drug-likeness (QED) is 0.341. The molecule has 0 aromatic carbocycles. The van der Waals surface area contributed by atoms with E-state index in [1.165, 1.54) is 6.08 Å². The summed E-state index contributed by atoms with van der Waals surface area (Å²) in [5.41, 5.74) is 0.290. The number of carboxylic acids is 1. The van der Waals surface area contributed by atoms with E-state index in [1.54, 1.807) is 6.92 Å². The summed E-state index contributed by atoms with van der Waals surface area (Å²) >= 11 is 0. The average Bonchev–Trinajstić information content (AvgIpc) is 2.67. The van der Waals surface area contributed by atoms with Crippen molar-refractivity contribution < 1.29 is 29.0 Å². The largest absolute Gasteiger partial charge is 0.481 e. The second-order valence-electron chi connectivity index (χ2n) is 9.05. The van der Waals surface area contributed by atoms with Gasteiger partial charge in [0.2, 0.25) is 0 Å². The van der Waals surface area contributed by atoms with Gasteiger partial charge in [-0.1, -0.05) is 39.7 Å². The van der Waals surface area contributed by atoms with Crippen LogP contribution in [0.5, 0.6) is 0 Å². The minimum absolute atomic E-state index is 0.0759. The number of esters is 1. The highest BCUT2D eigenvalue weighted by Crippen LogP contribution is 2.52. The first-order valence-electron chi connectivity index (χ1n) is 11.0. The molecule has 1 fully saturated rings. The van der Waals surface area contributed by atoms with Crippen LogP contribution in [0.1, 0.15) is 72.6 Å². The third-order valence-electron chi connectivity index (χ3n) is 6.66. The summed E-state index contributed by atoms with van der Waals surface area (Å²) in [6, 6.07) is 0. The third-order valence-corrected chi connectivity index (χ3v) is 6.66. The summed E-state index contributed by atoms with van der Waals surface area (Å²) in [7, 11) is 0. The zero-order chi connectivity index (χ0) is 22.5. The number of unbranched alkanes of at least 4 members (excludes halogenated alkanes) is 1. The summed E-state index contributed by atoms with van der Waals surface area (Å²) in [6.07, 6.45) is 7.72. The lowest BCUT2D eigenvalue weighted by Gasteiger charge is -2.48. The van der Waals surface area contributed by atoms with Gasteiger partial charge in [-0.3, -0.25) is 9.59 Å². The first-order valence-corrected chi connectivity index (χ1v) is 11.0. The molecule has 0 heterocycles. The molecule has 2 aliphatic rings. The van der Waals surface area contributed by atoms with Crippen LogP contribution in [0.3, 0.4) is 0 Å². The summed E-state index contributed by atoms with van der Waals surface area (Å²) < 4.78 is 5.77. The summed E-state index contributed by atoms with van der Waals surface area (Å²) in [5.74, 6) is -2.47. The number of aliphatic carboxylic acids is 1. The Labute approximate surface area is 178 Å². The Kier molecular flexibility index (Phi) is 8.16. The fraction of sp³-hybridized carbons (Fsp3) is 0.667. The molecule has 1 saturated carbocycles. The number of aldehydes is 1. The highest BCUT2D eigenvalue weighted by atomic mass is 16.5. The number of fused-ring (bicyclic) bond motifs is 1. The smallest absolute Gasteiger partial charge is 0.333 e. The Morgan fingerprint density at radius 3 is 2.67 bits per heavy atom. The van der Waals surface area contributed by atoms with Crippen LogP contribution in [0.2, 0.25) is 0 Å². The van der Waals surface area contributed by atoms with Crippen LogP contribution in [0.15, 0.2) is 23.3 Å². The molecule has 6 nitrogen and oxygen atoms in total. The third kappa shape index (κ3) is 5.27. The maximum Gasteiger partial charge on any atom is 0.333 e. The van der Waals surface area contributed by atoms with Gasteiger partial charge in [0.15, 0.2) is 5.78 Å². The molecule has 166 valence electrons. The molecule has 0 spiro atoms. The first kappa shape index (κ1) is 24.0. The highest BCUT2D eigenvalue weighted by Gasteiger charge is 2.52. The number of carbonyl (C=O) groups excluding carboxylic acids is 3. The number of hydrogen-bond donors (Lipinski definition) is 1. The van der Waals surface area contributed by atoms with Crippen LogP contribution in [0, 0.1) is 23.2 Å². The van der Waals surface area contributed by atoms with Crippen molar-refractivity contribution in [3.05, 3.63) is 23.3 Å². The molecule has 2 rings (SSSR count). The van der Waals surface area contributed by atoms with Gasteiger partial charge in [0.1, 0.15) is 12.4 Å². The minimum atomic E-state index is -0.923. The molecule has 1 N–H and O–H groups in total. The lowest BCUT2D eigenvalue weighted by atomic mass is 9.56. The second kappa shape index (κ2) is 10.2. The number of carbonyl (C=O) groups is 4. The van der Waals surface area contributed by atoms with E-state index in [9.17, 15) is 24.3 Å². The van der Waals surface area contributed by atoms with Crippen LogP contribution in [-0.2, 0) is 23.9 Å². The van der Waals surface area contributed by atoms with Crippen molar-refractivity contribution in [1.29, 1.82) is 0 Å². The number of hydrogen-bond acceptors (Lipinski definition) is 5. The van der Waals surface area contributed by atoms with E-state index in [1.807, 2.05) is 13.0 Å². The van der Waals surface area contributed by atoms with Crippen molar-refractivity contribution >= 4 is 24.0 Å². The zero-order valence-corrected chi connectivity index (χ0v) is 18.5. The molecule has 2 aliphatic carbocycles. The van der Waals surface area contributed by atoms with E-state index < -0.39 is 35.3 Å². The first-order chi connectivity index (χ1) is 14.1. The maximum atomic E-state index is 12.7. The molecule has 0 aromatic heterocycles. The monoisotopic (exact) mass is 418 g/mol. The fourth-order valence-corrected chi connectivity index (χ4v) is 4.92. The van der Waals surface area contributed by atoms with E-state index in [2.05, 4.69) is 13.8 Å². The summed E-state index contributed by atoms with van der Waals surface area (Å²) in [5, 5.41) is 9.75. The van der Waals surface area contributed by atoms with Gasteiger partial charge >= 0.3 is 11.9 Å². The van der Waals surface area contributed by atoms with E-state index in [4.69, 9.17) is 4.74 Å². The molecule has 0 radical (unpaired) electrons. The summed E-state index contributed by atoms with van der Waals surface area (Å²) in [4.78, 5) is 48.1. The van der Waals surface area contributed by atoms with Gasteiger partial charge in [-0.25, -0.2) is 4.79 Å². The van der Waals surface area contributed by atoms with Crippen molar-refractivity contribution in [2.45, 2.75) is 78.7 Å². The van der Waals surface area contributed by atoms with Gasteiger partial charge in [-0.2, -0.15) is 0 Å². The minimum Gasteiger partial charge on any atom is -0.481 e. The van der Waals surface area contributed by atoms with Crippen molar-refractivity contribution in [2.24, 2.45) is 23.2 Å². The van der Waals surface area contributed by atoms with Crippen molar-refractivity contribution in [1.82, 2.24) is 0 Å². The Morgan fingerprint density at radius 1 is 1.37 bits per heavy atom. The number of ether oxygens (including phenoxy) is 1. The van der Waals surface area contributed by atoms with Gasteiger partial charge in [0.05, 0.1) is 5.92 Å². The lowest BCUT2D eigenvalue weighted by Crippen LogP contribution is -2.48. The van der Waals surface area contributed by atoms with Crippen molar-refractivity contribution in [2.75, 3.05) is 0 Å². The van der Waals surface area contributed by atoms with Crippen LogP contribution >= 0.6 is 0 Å². The molecule has 0 amide bonds. The van der Waals surface area contributed by atoms with Crippen LogP contribution in [0.25, 0.3) is 0 Å². The van der Waals surface area contributed by atoms with Crippen molar-refractivity contribution in [3.63, 3.8) is 0 Å². The molecule has 0 saturated heterocycles. The van der Waals surface area contributed by atoms with Crippen LogP contribution < -0.4 is 0 Å². The van der Waals surface area contributed by atoms with E-state index in [0.717, 1.165) is 19.3 Å².